The molecule has 1 aromatic rings. The zero-order valence-corrected chi connectivity index (χ0v) is 11.2. The van der Waals surface area contributed by atoms with E-state index in [0.717, 1.165) is 18.1 Å². The Morgan fingerprint density at radius 3 is 2.62 bits per heavy atom. The summed E-state index contributed by atoms with van der Waals surface area (Å²) < 4.78 is 5.63. The molecule has 0 spiro atoms. The maximum atomic E-state index is 5.63. The van der Waals surface area contributed by atoms with Crippen molar-refractivity contribution in [1.29, 1.82) is 0 Å². The first kappa shape index (κ1) is 15.5. The lowest BCUT2D eigenvalue weighted by Gasteiger charge is -2.37. The van der Waals surface area contributed by atoms with Crippen LogP contribution in [-0.4, -0.2) is 36.1 Å². The molecule has 16 heavy (non-hydrogen) atoms. The fourth-order valence-corrected chi connectivity index (χ4v) is 1.51. The third-order valence-corrected chi connectivity index (χ3v) is 2.76. The van der Waals surface area contributed by atoms with E-state index in [9.17, 15) is 0 Å². The van der Waals surface area contributed by atoms with Gasteiger partial charge in [0.1, 0.15) is 12.4 Å². The number of halogens is 2. The Bertz CT molecular complexity index is 305. The molecule has 5 heteroatoms. The van der Waals surface area contributed by atoms with Gasteiger partial charge in [0.25, 0.3) is 0 Å². The van der Waals surface area contributed by atoms with Crippen molar-refractivity contribution in [3.05, 3.63) is 24.0 Å². The van der Waals surface area contributed by atoms with Crippen LogP contribution in [0.1, 0.15) is 12.1 Å². The van der Waals surface area contributed by atoms with E-state index in [-0.39, 0.29) is 24.8 Å². The summed E-state index contributed by atoms with van der Waals surface area (Å²) >= 11 is 0. The number of likely N-dealkylation sites (tertiary alicyclic amines) is 1. The molecule has 3 nitrogen and oxygen atoms in total. The van der Waals surface area contributed by atoms with Crippen molar-refractivity contribution in [2.45, 2.75) is 19.4 Å². The Morgan fingerprint density at radius 1 is 1.44 bits per heavy atom. The number of hydrogen-bond donors (Lipinski definition) is 0. The smallest absolute Gasteiger partial charge is 0.137 e. The summed E-state index contributed by atoms with van der Waals surface area (Å²) in [5.41, 5.74) is 1.03. The monoisotopic (exact) mass is 264 g/mol. The lowest BCUT2D eigenvalue weighted by molar-refractivity contribution is 0.0767. The highest BCUT2D eigenvalue weighted by Crippen LogP contribution is 2.16. The first-order chi connectivity index (χ1) is 6.75. The van der Waals surface area contributed by atoms with Gasteiger partial charge in [-0.1, -0.05) is 0 Å². The van der Waals surface area contributed by atoms with Gasteiger partial charge in [0, 0.05) is 11.7 Å². The SMILES string of the molecule is Cc1ccc(OC[C@@H]2CCN2C)cn1.Cl.Cl. The van der Waals surface area contributed by atoms with Gasteiger partial charge in [-0.3, -0.25) is 9.88 Å². The van der Waals surface area contributed by atoms with Crippen LogP contribution in [0.25, 0.3) is 0 Å². The van der Waals surface area contributed by atoms with E-state index in [1.165, 1.54) is 13.0 Å². The molecule has 0 aromatic carbocycles. The predicted molar refractivity (Wildman–Crippen MR) is 70.0 cm³/mol. The Balaban J connectivity index is 0.00000112. The topological polar surface area (TPSA) is 25.4 Å². The van der Waals surface area contributed by atoms with Crippen LogP contribution in [0.2, 0.25) is 0 Å². The summed E-state index contributed by atoms with van der Waals surface area (Å²) in [7, 11) is 2.13. The first-order valence-electron chi connectivity index (χ1n) is 5.01. The number of ether oxygens (including phenoxy) is 1. The van der Waals surface area contributed by atoms with Gasteiger partial charge in [0.15, 0.2) is 0 Å². The van der Waals surface area contributed by atoms with Gasteiger partial charge in [0.05, 0.1) is 6.20 Å². The Kier molecular flexibility index (Phi) is 6.72. The number of aromatic nitrogens is 1. The highest BCUT2D eigenvalue weighted by Gasteiger charge is 2.24. The van der Waals surface area contributed by atoms with Crippen LogP contribution >= 0.6 is 24.8 Å². The zero-order chi connectivity index (χ0) is 9.97. The van der Waals surface area contributed by atoms with Gasteiger partial charge in [0.2, 0.25) is 0 Å². The normalized spacial score (nSPS) is 19.0. The molecule has 0 aliphatic carbocycles. The van der Waals surface area contributed by atoms with Crippen molar-refractivity contribution in [2.24, 2.45) is 0 Å². The van der Waals surface area contributed by atoms with E-state index in [2.05, 4.69) is 16.9 Å². The molecule has 0 radical (unpaired) electrons. The minimum absolute atomic E-state index is 0. The number of rotatable bonds is 3. The van der Waals surface area contributed by atoms with Crippen LogP contribution in [0.5, 0.6) is 5.75 Å². The van der Waals surface area contributed by atoms with E-state index in [4.69, 9.17) is 4.74 Å². The summed E-state index contributed by atoms with van der Waals surface area (Å²) in [6.45, 7) is 3.95. The van der Waals surface area contributed by atoms with Gasteiger partial charge >= 0.3 is 0 Å². The van der Waals surface area contributed by atoms with Gasteiger partial charge < -0.3 is 4.74 Å². The molecule has 0 amide bonds. The molecule has 1 aromatic heterocycles. The van der Waals surface area contributed by atoms with Crippen molar-refractivity contribution in [2.75, 3.05) is 20.2 Å². The molecule has 1 aliphatic rings. The quantitative estimate of drug-likeness (QED) is 0.838. The number of nitrogens with zero attached hydrogens (tertiary/aromatic N) is 2. The summed E-state index contributed by atoms with van der Waals surface area (Å²) in [6.07, 6.45) is 3.03. The molecular weight excluding hydrogens is 247 g/mol. The Morgan fingerprint density at radius 2 is 2.19 bits per heavy atom. The van der Waals surface area contributed by atoms with Crippen molar-refractivity contribution in [3.8, 4) is 5.75 Å². The summed E-state index contributed by atoms with van der Waals surface area (Å²) in [6, 6.07) is 4.54. The van der Waals surface area contributed by atoms with E-state index in [1.807, 2.05) is 19.1 Å². The average Bonchev–Trinajstić information content (AvgIpc) is 2.19. The molecule has 92 valence electrons. The van der Waals surface area contributed by atoms with Crippen LogP contribution in [0, 0.1) is 6.92 Å². The second kappa shape index (κ2) is 6.94. The van der Waals surface area contributed by atoms with E-state index in [1.54, 1.807) is 6.20 Å². The van der Waals surface area contributed by atoms with Crippen molar-refractivity contribution < 1.29 is 4.74 Å². The lowest BCUT2D eigenvalue weighted by Crippen LogP contribution is -2.48. The highest BCUT2D eigenvalue weighted by molar-refractivity contribution is 5.85. The zero-order valence-electron chi connectivity index (χ0n) is 9.55. The molecule has 0 bridgehead atoms. The van der Waals surface area contributed by atoms with Gasteiger partial charge in [-0.05, 0) is 39.1 Å². The second-order valence-electron chi connectivity index (χ2n) is 3.87. The molecule has 0 saturated carbocycles. The molecular formula is C11H18Cl2N2O. The molecule has 1 atom stereocenters. The largest absolute Gasteiger partial charge is 0.490 e. The average molecular weight is 265 g/mol. The number of hydrogen-bond acceptors (Lipinski definition) is 3. The first-order valence-corrected chi connectivity index (χ1v) is 5.01. The van der Waals surface area contributed by atoms with Gasteiger partial charge in [-0.25, -0.2) is 0 Å². The summed E-state index contributed by atoms with van der Waals surface area (Å²) in [5.74, 6) is 0.871. The Hall–Kier alpha value is -0.510. The van der Waals surface area contributed by atoms with Crippen molar-refractivity contribution >= 4 is 24.8 Å². The third-order valence-electron chi connectivity index (χ3n) is 2.76. The van der Waals surface area contributed by atoms with Crippen LogP contribution in [0.15, 0.2) is 18.3 Å². The molecule has 1 saturated heterocycles. The minimum Gasteiger partial charge on any atom is -0.490 e. The van der Waals surface area contributed by atoms with Crippen LogP contribution in [0.4, 0.5) is 0 Å². The molecule has 2 rings (SSSR count). The lowest BCUT2D eigenvalue weighted by atomic mass is 10.1. The number of pyridine rings is 1. The van der Waals surface area contributed by atoms with Crippen LogP contribution in [-0.2, 0) is 0 Å². The Labute approximate surface area is 109 Å². The maximum absolute atomic E-state index is 5.63. The number of aryl methyl sites for hydroxylation is 1. The van der Waals surface area contributed by atoms with Crippen LogP contribution in [0.3, 0.4) is 0 Å². The molecule has 2 heterocycles. The maximum Gasteiger partial charge on any atom is 0.137 e. The van der Waals surface area contributed by atoms with Gasteiger partial charge in [-0.15, -0.1) is 24.8 Å². The molecule has 0 unspecified atom stereocenters. The fraction of sp³-hybridized carbons (Fsp3) is 0.545. The molecule has 1 aliphatic heterocycles. The molecule has 1 fully saturated rings. The van der Waals surface area contributed by atoms with Gasteiger partial charge in [-0.2, -0.15) is 0 Å². The predicted octanol–water partition coefficient (Wildman–Crippen LogP) is 2.32. The van der Waals surface area contributed by atoms with Crippen LogP contribution < -0.4 is 4.74 Å². The second-order valence-corrected chi connectivity index (χ2v) is 3.87. The van der Waals surface area contributed by atoms with E-state index < -0.39 is 0 Å². The van der Waals surface area contributed by atoms with E-state index in [0.29, 0.717) is 6.04 Å². The van der Waals surface area contributed by atoms with E-state index >= 15 is 0 Å². The summed E-state index contributed by atoms with van der Waals surface area (Å²) in [5, 5.41) is 0. The minimum atomic E-state index is 0. The van der Waals surface area contributed by atoms with Crippen molar-refractivity contribution in [1.82, 2.24) is 9.88 Å². The number of likely N-dealkylation sites (N-methyl/N-ethyl adjacent to an activating group) is 1. The summed E-state index contributed by atoms with van der Waals surface area (Å²) in [4.78, 5) is 6.49. The highest BCUT2D eigenvalue weighted by atomic mass is 35.5. The third kappa shape index (κ3) is 3.81. The van der Waals surface area contributed by atoms with Crippen molar-refractivity contribution in [3.63, 3.8) is 0 Å². The fourth-order valence-electron chi connectivity index (χ4n) is 1.51. The standard InChI is InChI=1S/C11H16N2O.2ClH/c1-9-3-4-11(7-12-9)14-8-10-5-6-13(10)2;;/h3-4,7,10H,5-6,8H2,1-2H3;2*1H/t10-;;/m0../s1. The molecule has 0 N–H and O–H groups in total.